The lowest BCUT2D eigenvalue weighted by Crippen LogP contribution is -2.23. The Hall–Kier alpha value is -2.46. The number of ether oxygens (including phenoxy) is 1. The Kier molecular flexibility index (Phi) is 5.39. The third-order valence-electron chi connectivity index (χ3n) is 3.82. The van der Waals surface area contributed by atoms with E-state index in [9.17, 15) is 4.79 Å². The van der Waals surface area contributed by atoms with Crippen LogP contribution in [0.1, 0.15) is 17.0 Å². The predicted molar refractivity (Wildman–Crippen MR) is 97.7 cm³/mol. The number of allylic oxidation sites excluding steroid dienone is 2. The molecule has 3 nitrogen and oxygen atoms in total. The fourth-order valence-corrected chi connectivity index (χ4v) is 3.20. The Balaban J connectivity index is 1.61. The highest BCUT2D eigenvalue weighted by Gasteiger charge is 2.17. The molecule has 0 atom stereocenters. The average Bonchev–Trinajstić information content (AvgIpc) is 2.67. The van der Waals surface area contributed by atoms with Gasteiger partial charge < -0.3 is 4.74 Å². The van der Waals surface area contributed by atoms with E-state index in [1.165, 1.54) is 15.4 Å². The van der Waals surface area contributed by atoms with Crippen LogP contribution < -0.4 is 0 Å². The normalized spacial score (nSPS) is 14.0. The first-order valence-corrected chi connectivity index (χ1v) is 8.99. The number of amides is 1. The van der Waals surface area contributed by atoms with Crippen molar-refractivity contribution in [2.45, 2.75) is 17.4 Å². The second-order valence-electron chi connectivity index (χ2n) is 5.40. The van der Waals surface area contributed by atoms with Crippen LogP contribution in [0.3, 0.4) is 0 Å². The molecule has 24 heavy (non-hydrogen) atoms. The molecule has 0 N–H and O–H groups in total. The van der Waals surface area contributed by atoms with Gasteiger partial charge in [0.25, 0.3) is 0 Å². The molecule has 0 fully saturated rings. The summed E-state index contributed by atoms with van der Waals surface area (Å²) in [5.41, 5.74) is 2.22. The molecule has 4 heteroatoms. The predicted octanol–water partition coefficient (Wildman–Crippen LogP) is 5.17. The minimum absolute atomic E-state index is 0.173. The molecule has 0 aliphatic carbocycles. The van der Waals surface area contributed by atoms with Gasteiger partial charge in [-0.3, -0.25) is 4.90 Å². The number of thioether (sulfide) groups is 1. The third-order valence-corrected chi connectivity index (χ3v) is 4.63. The third kappa shape index (κ3) is 3.89. The van der Waals surface area contributed by atoms with Gasteiger partial charge in [0.1, 0.15) is 6.61 Å². The number of hydrogen-bond donors (Lipinski definition) is 0. The number of rotatable bonds is 4. The first-order chi connectivity index (χ1) is 11.8. The highest BCUT2D eigenvalue weighted by molar-refractivity contribution is 7.98. The minimum atomic E-state index is -0.372. The highest BCUT2D eigenvalue weighted by Crippen LogP contribution is 2.30. The zero-order valence-corrected chi connectivity index (χ0v) is 14.3. The lowest BCUT2D eigenvalue weighted by molar-refractivity contribution is 0.121. The summed E-state index contributed by atoms with van der Waals surface area (Å²) < 4.78 is 5.33. The lowest BCUT2D eigenvalue weighted by Gasteiger charge is -2.21. The van der Waals surface area contributed by atoms with Crippen molar-refractivity contribution in [3.05, 3.63) is 90.3 Å². The zero-order valence-electron chi connectivity index (χ0n) is 13.5. The van der Waals surface area contributed by atoms with Crippen molar-refractivity contribution in [2.75, 3.05) is 6.26 Å². The van der Waals surface area contributed by atoms with Crippen LogP contribution in [0.25, 0.3) is 0 Å². The van der Waals surface area contributed by atoms with Gasteiger partial charge in [0.05, 0.1) is 0 Å². The summed E-state index contributed by atoms with van der Waals surface area (Å²) in [5.74, 6) is 0.173. The number of carbonyl (C=O) groups excluding carboxylic acids is 1. The fraction of sp³-hybridized carbons (Fsp3) is 0.150. The Labute approximate surface area is 146 Å². The maximum absolute atomic E-state index is 12.1. The summed E-state index contributed by atoms with van der Waals surface area (Å²) >= 11 is 1.73. The molecular weight excluding hydrogens is 318 g/mol. The molecular formula is C20H19NO2S. The molecule has 122 valence electrons. The number of carbonyl (C=O) groups is 1. The quantitative estimate of drug-likeness (QED) is 0.721. The van der Waals surface area contributed by atoms with E-state index in [2.05, 4.69) is 18.4 Å². The van der Waals surface area contributed by atoms with E-state index in [4.69, 9.17) is 4.74 Å². The molecule has 1 aliphatic heterocycles. The second-order valence-corrected chi connectivity index (χ2v) is 6.25. The van der Waals surface area contributed by atoms with Gasteiger partial charge in [-0.1, -0.05) is 60.7 Å². The Morgan fingerprint density at radius 1 is 1.04 bits per heavy atom. The van der Waals surface area contributed by atoms with E-state index >= 15 is 0 Å². The van der Waals surface area contributed by atoms with Crippen molar-refractivity contribution >= 4 is 17.9 Å². The molecule has 0 saturated heterocycles. The standard InChI is InChI=1S/C20H19NO2S/c1-24-19-10-6-5-9-18(19)17-11-13-21(14-12-17)20(22)23-15-16-7-3-2-4-8-16/h2-14,17H,15H2,1H3. The molecule has 1 amide bonds. The Morgan fingerprint density at radius 2 is 1.71 bits per heavy atom. The van der Waals surface area contributed by atoms with Crippen molar-refractivity contribution in [2.24, 2.45) is 0 Å². The molecule has 0 saturated carbocycles. The van der Waals surface area contributed by atoms with Gasteiger partial charge in [-0.2, -0.15) is 0 Å². The average molecular weight is 337 g/mol. The van der Waals surface area contributed by atoms with Gasteiger partial charge in [-0.15, -0.1) is 11.8 Å². The molecule has 0 unspecified atom stereocenters. The summed E-state index contributed by atoms with van der Waals surface area (Å²) in [6.45, 7) is 0.274. The van der Waals surface area contributed by atoms with Gasteiger partial charge in [0, 0.05) is 23.2 Å². The van der Waals surface area contributed by atoms with Crippen LogP contribution in [-0.2, 0) is 11.3 Å². The maximum atomic E-state index is 12.1. The summed E-state index contributed by atoms with van der Waals surface area (Å²) in [7, 11) is 0. The summed E-state index contributed by atoms with van der Waals surface area (Å²) in [6.07, 6.45) is 9.27. The summed E-state index contributed by atoms with van der Waals surface area (Å²) in [6, 6.07) is 18.0. The molecule has 1 aliphatic rings. The Morgan fingerprint density at radius 3 is 2.42 bits per heavy atom. The molecule has 2 aromatic rings. The van der Waals surface area contributed by atoms with Crippen molar-refractivity contribution in [1.82, 2.24) is 4.90 Å². The minimum Gasteiger partial charge on any atom is -0.444 e. The largest absolute Gasteiger partial charge is 0.444 e. The molecule has 3 rings (SSSR count). The molecule has 0 bridgehead atoms. The molecule has 0 spiro atoms. The monoisotopic (exact) mass is 337 g/mol. The van der Waals surface area contributed by atoms with Crippen molar-refractivity contribution < 1.29 is 9.53 Å². The topological polar surface area (TPSA) is 29.5 Å². The second kappa shape index (κ2) is 7.88. The van der Waals surface area contributed by atoms with E-state index in [-0.39, 0.29) is 18.6 Å². The van der Waals surface area contributed by atoms with Crippen molar-refractivity contribution in [3.63, 3.8) is 0 Å². The first-order valence-electron chi connectivity index (χ1n) is 7.76. The van der Waals surface area contributed by atoms with Gasteiger partial charge >= 0.3 is 6.09 Å². The van der Waals surface area contributed by atoms with Gasteiger partial charge in [0.2, 0.25) is 0 Å². The van der Waals surface area contributed by atoms with Crippen LogP contribution in [-0.4, -0.2) is 17.2 Å². The van der Waals surface area contributed by atoms with Crippen LogP contribution in [0, 0.1) is 0 Å². The van der Waals surface area contributed by atoms with Crippen LogP contribution in [0.5, 0.6) is 0 Å². The zero-order chi connectivity index (χ0) is 16.8. The first kappa shape index (κ1) is 16.4. The summed E-state index contributed by atoms with van der Waals surface area (Å²) in [4.78, 5) is 14.9. The van der Waals surface area contributed by atoms with Crippen LogP contribution in [0.15, 0.2) is 84.0 Å². The molecule has 0 radical (unpaired) electrons. The number of nitrogens with zero attached hydrogens (tertiary/aromatic N) is 1. The molecule has 1 heterocycles. The SMILES string of the molecule is CSc1ccccc1C1C=CN(C(=O)OCc2ccccc2)C=C1. The molecule has 2 aromatic carbocycles. The fourth-order valence-electron chi connectivity index (χ4n) is 2.55. The highest BCUT2D eigenvalue weighted by atomic mass is 32.2. The number of hydrogen-bond acceptors (Lipinski definition) is 3. The summed E-state index contributed by atoms with van der Waals surface area (Å²) in [5, 5.41) is 0. The van der Waals surface area contributed by atoms with Crippen LogP contribution >= 0.6 is 11.8 Å². The molecule has 0 aromatic heterocycles. The van der Waals surface area contributed by atoms with Crippen LogP contribution in [0.2, 0.25) is 0 Å². The van der Waals surface area contributed by atoms with Gasteiger partial charge in [-0.25, -0.2) is 4.79 Å². The van der Waals surface area contributed by atoms with Crippen molar-refractivity contribution in [3.8, 4) is 0 Å². The van der Waals surface area contributed by atoms with Gasteiger partial charge in [-0.05, 0) is 23.4 Å². The van der Waals surface area contributed by atoms with E-state index < -0.39 is 0 Å². The maximum Gasteiger partial charge on any atom is 0.418 e. The van der Waals surface area contributed by atoms with E-state index in [1.54, 1.807) is 24.2 Å². The lowest BCUT2D eigenvalue weighted by atomic mass is 9.98. The smallest absolute Gasteiger partial charge is 0.418 e. The van der Waals surface area contributed by atoms with Gasteiger partial charge in [0.15, 0.2) is 0 Å². The Bertz CT molecular complexity index is 741. The van der Waals surface area contributed by atoms with Crippen molar-refractivity contribution in [1.29, 1.82) is 0 Å². The number of benzene rings is 2. The van der Waals surface area contributed by atoms with E-state index in [0.29, 0.717) is 0 Å². The van der Waals surface area contributed by atoms with Crippen LogP contribution in [0.4, 0.5) is 4.79 Å². The van der Waals surface area contributed by atoms with E-state index in [1.807, 2.05) is 54.6 Å². The van der Waals surface area contributed by atoms with E-state index in [0.717, 1.165) is 5.56 Å².